The number of phenols is 1. The molecule has 2 heterocycles. The smallest absolute Gasteiger partial charge is 0.303 e. The highest BCUT2D eigenvalue weighted by molar-refractivity contribution is 5.93. The highest BCUT2D eigenvalue weighted by Gasteiger charge is 2.26. The molecule has 1 saturated heterocycles. The van der Waals surface area contributed by atoms with Crippen molar-refractivity contribution >= 4 is 11.9 Å². The summed E-state index contributed by atoms with van der Waals surface area (Å²) in [5, 5.41) is 25.5. The van der Waals surface area contributed by atoms with E-state index in [1.807, 2.05) is 0 Å². The zero-order valence-corrected chi connectivity index (χ0v) is 13.1. The number of nitrogens with one attached hydrogen (secondary N) is 1. The second-order valence-electron chi connectivity index (χ2n) is 6.02. The molecule has 0 spiro atoms. The van der Waals surface area contributed by atoms with Crippen molar-refractivity contribution in [3.05, 3.63) is 36.0 Å². The number of aromatic hydroxyl groups is 1. The molecule has 0 atom stereocenters. The van der Waals surface area contributed by atoms with Crippen LogP contribution in [-0.4, -0.2) is 50.3 Å². The Morgan fingerprint density at radius 3 is 2.62 bits per heavy atom. The normalized spacial score (nSPS) is 15.4. The zero-order valence-electron chi connectivity index (χ0n) is 13.1. The largest absolute Gasteiger partial charge is 0.507 e. The summed E-state index contributed by atoms with van der Waals surface area (Å²) in [6, 6.07) is 8.44. The molecule has 3 N–H and O–H groups in total. The summed E-state index contributed by atoms with van der Waals surface area (Å²) in [6.07, 6.45) is 1.54. The summed E-state index contributed by atoms with van der Waals surface area (Å²) in [6.45, 7) is 1.09. The first-order valence-electron chi connectivity index (χ1n) is 7.89. The minimum Gasteiger partial charge on any atom is -0.507 e. The Balaban J connectivity index is 1.67. The lowest BCUT2D eigenvalue weighted by atomic mass is 9.93. The van der Waals surface area contributed by atoms with Crippen molar-refractivity contribution in [1.29, 1.82) is 0 Å². The van der Waals surface area contributed by atoms with Gasteiger partial charge in [-0.1, -0.05) is 12.1 Å². The van der Waals surface area contributed by atoms with Crippen molar-refractivity contribution in [2.75, 3.05) is 13.1 Å². The molecule has 1 aromatic heterocycles. The molecule has 3 rings (SSSR count). The number of carbonyl (C=O) groups is 2. The average molecular weight is 329 g/mol. The number of nitrogens with zero attached hydrogens (tertiary/aromatic N) is 2. The van der Waals surface area contributed by atoms with Gasteiger partial charge in [0, 0.05) is 25.1 Å². The highest BCUT2D eigenvalue weighted by atomic mass is 16.4. The Morgan fingerprint density at radius 1 is 1.25 bits per heavy atom. The third kappa shape index (κ3) is 3.40. The second kappa shape index (κ2) is 6.74. The number of aromatic amines is 1. The lowest BCUT2D eigenvalue weighted by molar-refractivity contribution is -0.138. The number of aliphatic carboxylic acids is 1. The van der Waals surface area contributed by atoms with Crippen LogP contribution in [0.25, 0.3) is 11.3 Å². The first-order chi connectivity index (χ1) is 11.5. The van der Waals surface area contributed by atoms with Crippen molar-refractivity contribution < 1.29 is 19.8 Å². The van der Waals surface area contributed by atoms with Crippen LogP contribution in [0.3, 0.4) is 0 Å². The fourth-order valence-corrected chi connectivity index (χ4v) is 3.02. The van der Waals surface area contributed by atoms with Gasteiger partial charge in [0.1, 0.15) is 11.4 Å². The van der Waals surface area contributed by atoms with Crippen LogP contribution in [-0.2, 0) is 4.79 Å². The fourth-order valence-electron chi connectivity index (χ4n) is 3.02. The Bertz CT molecular complexity index is 748. The van der Waals surface area contributed by atoms with Gasteiger partial charge in [-0.2, -0.15) is 5.10 Å². The molecule has 1 aromatic carbocycles. The van der Waals surface area contributed by atoms with Crippen LogP contribution in [0.1, 0.15) is 29.8 Å². The highest BCUT2D eigenvalue weighted by Crippen LogP contribution is 2.28. The molecular weight excluding hydrogens is 310 g/mol. The van der Waals surface area contributed by atoms with Gasteiger partial charge in [-0.05, 0) is 37.0 Å². The van der Waals surface area contributed by atoms with Crippen molar-refractivity contribution in [2.24, 2.45) is 5.92 Å². The second-order valence-corrected chi connectivity index (χ2v) is 6.02. The van der Waals surface area contributed by atoms with E-state index >= 15 is 0 Å². The lowest BCUT2D eigenvalue weighted by Crippen LogP contribution is -2.39. The topological polar surface area (TPSA) is 107 Å². The number of benzene rings is 1. The van der Waals surface area contributed by atoms with Crippen molar-refractivity contribution in [1.82, 2.24) is 15.1 Å². The van der Waals surface area contributed by atoms with E-state index in [2.05, 4.69) is 10.2 Å². The number of carboxylic acid groups (broad SMARTS) is 1. The number of rotatable bonds is 4. The summed E-state index contributed by atoms with van der Waals surface area (Å²) in [4.78, 5) is 25.0. The molecule has 0 bridgehead atoms. The molecule has 24 heavy (non-hydrogen) atoms. The van der Waals surface area contributed by atoms with Gasteiger partial charge in [0.2, 0.25) is 0 Å². The number of H-pyrrole nitrogens is 1. The summed E-state index contributed by atoms with van der Waals surface area (Å²) in [7, 11) is 0. The fraction of sp³-hybridized carbons (Fsp3) is 0.353. The van der Waals surface area contributed by atoms with Crippen molar-refractivity contribution in [2.45, 2.75) is 19.3 Å². The minimum absolute atomic E-state index is 0.109. The molecule has 7 heteroatoms. The van der Waals surface area contributed by atoms with Gasteiger partial charge in [0.25, 0.3) is 5.91 Å². The molecule has 0 saturated carbocycles. The Labute approximate surface area is 138 Å². The summed E-state index contributed by atoms with van der Waals surface area (Å²) < 4.78 is 0. The SMILES string of the molecule is O=C(O)CC1CCN(C(=O)c2cc(-c3ccccc3O)n[nH]2)CC1. The third-order valence-corrected chi connectivity index (χ3v) is 4.35. The van der Waals surface area contributed by atoms with Crippen LogP contribution in [0.4, 0.5) is 0 Å². The van der Waals surface area contributed by atoms with Gasteiger partial charge < -0.3 is 15.1 Å². The maximum atomic E-state index is 12.5. The van der Waals surface area contributed by atoms with Gasteiger partial charge in [0.05, 0.1) is 5.69 Å². The predicted octanol–water partition coefficient (Wildman–Crippen LogP) is 2.11. The van der Waals surface area contributed by atoms with Gasteiger partial charge in [-0.15, -0.1) is 0 Å². The molecule has 0 unspecified atom stereocenters. The maximum absolute atomic E-state index is 12.5. The Hall–Kier alpha value is -2.83. The van der Waals surface area contributed by atoms with Crippen LogP contribution in [0.2, 0.25) is 0 Å². The molecule has 1 amide bonds. The number of aromatic nitrogens is 2. The van der Waals surface area contributed by atoms with Crippen LogP contribution < -0.4 is 0 Å². The third-order valence-electron chi connectivity index (χ3n) is 4.35. The number of piperidine rings is 1. The molecular formula is C17H19N3O4. The van der Waals surface area contributed by atoms with E-state index in [9.17, 15) is 14.7 Å². The van der Waals surface area contributed by atoms with Crippen LogP contribution in [0.5, 0.6) is 5.75 Å². The van der Waals surface area contributed by atoms with Gasteiger partial charge in [0.15, 0.2) is 0 Å². The van der Waals surface area contributed by atoms with Crippen LogP contribution in [0.15, 0.2) is 30.3 Å². The van der Waals surface area contributed by atoms with Gasteiger partial charge in [-0.25, -0.2) is 0 Å². The molecule has 1 fully saturated rings. The zero-order chi connectivity index (χ0) is 17.1. The number of amides is 1. The first kappa shape index (κ1) is 16.0. The molecule has 0 radical (unpaired) electrons. The van der Waals surface area contributed by atoms with Crippen LogP contribution in [0, 0.1) is 5.92 Å². The quantitative estimate of drug-likeness (QED) is 0.796. The molecule has 7 nitrogen and oxygen atoms in total. The molecule has 126 valence electrons. The van der Waals surface area contributed by atoms with Crippen molar-refractivity contribution in [3.63, 3.8) is 0 Å². The van der Waals surface area contributed by atoms with E-state index in [0.29, 0.717) is 42.9 Å². The summed E-state index contributed by atoms with van der Waals surface area (Å²) >= 11 is 0. The molecule has 1 aliphatic rings. The number of carbonyl (C=O) groups excluding carboxylic acids is 1. The summed E-state index contributed by atoms with van der Waals surface area (Å²) in [5.41, 5.74) is 1.44. The number of hydrogen-bond acceptors (Lipinski definition) is 4. The number of hydrogen-bond donors (Lipinski definition) is 3. The number of para-hydroxylation sites is 1. The van der Waals surface area contributed by atoms with E-state index in [1.54, 1.807) is 35.2 Å². The van der Waals surface area contributed by atoms with Crippen LogP contribution >= 0.6 is 0 Å². The standard InChI is InChI=1S/C17H19N3O4/c21-15-4-2-1-3-12(15)13-10-14(19-18-13)17(24)20-7-5-11(6-8-20)9-16(22)23/h1-4,10-11,21H,5-9H2,(H,18,19)(H,22,23). The van der Waals surface area contributed by atoms with E-state index in [0.717, 1.165) is 0 Å². The Morgan fingerprint density at radius 2 is 1.96 bits per heavy atom. The number of carboxylic acids is 1. The van der Waals surface area contributed by atoms with Gasteiger partial charge in [-0.3, -0.25) is 14.7 Å². The number of phenolic OH excluding ortho intramolecular Hbond substituents is 1. The summed E-state index contributed by atoms with van der Waals surface area (Å²) in [5.74, 6) is -0.707. The average Bonchev–Trinajstić information content (AvgIpc) is 3.04. The molecule has 2 aromatic rings. The molecule has 0 aliphatic carbocycles. The lowest BCUT2D eigenvalue weighted by Gasteiger charge is -2.30. The maximum Gasteiger partial charge on any atom is 0.303 e. The molecule has 1 aliphatic heterocycles. The monoisotopic (exact) mass is 329 g/mol. The van der Waals surface area contributed by atoms with E-state index in [1.165, 1.54) is 0 Å². The van der Waals surface area contributed by atoms with E-state index in [4.69, 9.17) is 5.11 Å². The Kier molecular flexibility index (Phi) is 4.50. The number of likely N-dealkylation sites (tertiary alicyclic amines) is 1. The first-order valence-corrected chi connectivity index (χ1v) is 7.89. The van der Waals surface area contributed by atoms with Crippen molar-refractivity contribution in [3.8, 4) is 17.0 Å². The minimum atomic E-state index is -0.791. The predicted molar refractivity (Wildman–Crippen MR) is 86.6 cm³/mol. The van der Waals surface area contributed by atoms with E-state index in [-0.39, 0.29) is 24.0 Å². The van der Waals surface area contributed by atoms with E-state index < -0.39 is 5.97 Å². The van der Waals surface area contributed by atoms with Gasteiger partial charge >= 0.3 is 5.97 Å².